The molecule has 3 N–H and O–H groups in total. The third kappa shape index (κ3) is 5.26. The molecule has 1 aliphatic rings. The maximum absolute atomic E-state index is 12.5. The van der Waals surface area contributed by atoms with Gasteiger partial charge in [0, 0.05) is 18.2 Å². The van der Waals surface area contributed by atoms with Gasteiger partial charge in [-0.1, -0.05) is 60.7 Å². The Bertz CT molecular complexity index is 934. The second-order valence-electron chi connectivity index (χ2n) is 7.98. The van der Waals surface area contributed by atoms with Crippen LogP contribution >= 0.6 is 11.3 Å². The summed E-state index contributed by atoms with van der Waals surface area (Å²) in [5.74, 6) is 0.290. The minimum atomic E-state index is -0.376. The molecular weight excluding hydrogens is 394 g/mol. The van der Waals surface area contributed by atoms with Gasteiger partial charge in [-0.25, -0.2) is 4.79 Å². The van der Waals surface area contributed by atoms with Crippen LogP contribution in [-0.4, -0.2) is 22.7 Å². The number of carbonyl (C=O) groups excluding carboxylic acids is 1. The Morgan fingerprint density at radius 1 is 1.20 bits per heavy atom. The van der Waals surface area contributed by atoms with Crippen molar-refractivity contribution < 1.29 is 9.53 Å². The summed E-state index contributed by atoms with van der Waals surface area (Å²) in [6, 6.07) is 20.7. The molecule has 2 unspecified atom stereocenters. The lowest BCUT2D eigenvalue weighted by molar-refractivity contribution is 0.134. The summed E-state index contributed by atoms with van der Waals surface area (Å²) in [7, 11) is 0. The topological polar surface area (TPSA) is 77.2 Å². The SMILES string of the molecule is N[C@@H](CCC1(NC(=O)OCc2cncs2)CC1c1ccccc1)Cc1ccccc1. The van der Waals surface area contributed by atoms with Crippen molar-refractivity contribution in [2.45, 2.75) is 49.8 Å². The Hall–Kier alpha value is -2.70. The lowest BCUT2D eigenvalue weighted by Gasteiger charge is -2.22. The number of aromatic nitrogens is 1. The van der Waals surface area contributed by atoms with E-state index in [2.05, 4.69) is 34.6 Å². The van der Waals surface area contributed by atoms with Crippen molar-refractivity contribution in [3.05, 3.63) is 88.4 Å². The zero-order valence-corrected chi connectivity index (χ0v) is 17.7. The minimum absolute atomic E-state index is 0.0521. The predicted octanol–water partition coefficient (Wildman–Crippen LogP) is 4.65. The Balaban J connectivity index is 1.37. The molecular formula is C24H27N3O2S. The standard InChI is InChI=1S/C24H27N3O2S/c25-20(13-18-7-3-1-4-8-18)11-12-24(14-22(24)19-9-5-2-6-10-19)27-23(28)29-16-21-15-26-17-30-21/h1-10,15,17,20,22H,11-14,16,25H2,(H,27,28)/t20-,22?,24?/m0/s1. The Morgan fingerprint density at radius 3 is 2.63 bits per heavy atom. The average Bonchev–Trinajstić information content (AvgIpc) is 3.21. The number of amides is 1. The monoisotopic (exact) mass is 421 g/mol. The zero-order chi connectivity index (χ0) is 20.8. The second-order valence-corrected chi connectivity index (χ2v) is 8.95. The fourth-order valence-corrected chi connectivity index (χ4v) is 4.56. The molecule has 3 aromatic rings. The van der Waals surface area contributed by atoms with Crippen molar-refractivity contribution in [3.8, 4) is 0 Å². The number of hydrogen-bond donors (Lipinski definition) is 2. The third-order valence-corrected chi connectivity index (χ3v) is 6.51. The highest BCUT2D eigenvalue weighted by molar-refractivity contribution is 7.09. The molecule has 156 valence electrons. The van der Waals surface area contributed by atoms with Gasteiger partial charge in [0.2, 0.25) is 0 Å². The minimum Gasteiger partial charge on any atom is -0.444 e. The van der Waals surface area contributed by atoms with Crippen molar-refractivity contribution in [3.63, 3.8) is 0 Å². The number of hydrogen-bond acceptors (Lipinski definition) is 5. The number of carbonyl (C=O) groups is 1. The number of ether oxygens (including phenoxy) is 1. The summed E-state index contributed by atoms with van der Waals surface area (Å²) in [6.45, 7) is 0.246. The van der Waals surface area contributed by atoms with Gasteiger partial charge in [0.15, 0.2) is 0 Å². The van der Waals surface area contributed by atoms with E-state index in [9.17, 15) is 4.79 Å². The van der Waals surface area contributed by atoms with Gasteiger partial charge in [-0.3, -0.25) is 4.98 Å². The summed E-state index contributed by atoms with van der Waals surface area (Å²) in [4.78, 5) is 17.5. The van der Waals surface area contributed by atoms with Gasteiger partial charge in [-0.05, 0) is 36.8 Å². The molecule has 1 amide bonds. The maximum Gasteiger partial charge on any atom is 0.407 e. The number of rotatable bonds is 9. The summed E-state index contributed by atoms with van der Waals surface area (Å²) in [5.41, 5.74) is 10.4. The molecule has 1 aromatic heterocycles. The van der Waals surface area contributed by atoms with E-state index < -0.39 is 0 Å². The van der Waals surface area contributed by atoms with E-state index in [1.807, 2.05) is 36.4 Å². The van der Waals surface area contributed by atoms with E-state index in [1.54, 1.807) is 11.7 Å². The molecule has 3 atom stereocenters. The molecule has 1 fully saturated rings. The van der Waals surface area contributed by atoms with Gasteiger partial charge in [0.1, 0.15) is 6.61 Å². The lowest BCUT2D eigenvalue weighted by Crippen LogP contribution is -2.40. The van der Waals surface area contributed by atoms with Crippen LogP contribution in [-0.2, 0) is 17.8 Å². The molecule has 0 spiro atoms. The quantitative estimate of drug-likeness (QED) is 0.527. The van der Waals surface area contributed by atoms with Gasteiger partial charge >= 0.3 is 6.09 Å². The van der Waals surface area contributed by atoms with Crippen molar-refractivity contribution >= 4 is 17.4 Å². The van der Waals surface area contributed by atoms with Crippen LogP contribution in [0, 0.1) is 0 Å². The molecule has 0 bridgehead atoms. The number of benzene rings is 2. The maximum atomic E-state index is 12.5. The van der Waals surface area contributed by atoms with Gasteiger partial charge in [-0.15, -0.1) is 11.3 Å². The summed E-state index contributed by atoms with van der Waals surface area (Å²) < 4.78 is 5.44. The van der Waals surface area contributed by atoms with Crippen LogP contribution in [0.4, 0.5) is 4.79 Å². The highest BCUT2D eigenvalue weighted by atomic mass is 32.1. The van der Waals surface area contributed by atoms with Crippen molar-refractivity contribution in [2.24, 2.45) is 5.73 Å². The van der Waals surface area contributed by atoms with E-state index in [0.717, 1.165) is 30.6 Å². The molecule has 0 radical (unpaired) electrons. The van der Waals surface area contributed by atoms with Crippen LogP contribution in [0.25, 0.3) is 0 Å². The third-order valence-electron chi connectivity index (χ3n) is 5.76. The molecule has 1 heterocycles. The van der Waals surface area contributed by atoms with E-state index in [1.165, 1.54) is 22.5 Å². The van der Waals surface area contributed by atoms with Crippen molar-refractivity contribution in [1.82, 2.24) is 10.3 Å². The van der Waals surface area contributed by atoms with Gasteiger partial charge < -0.3 is 15.8 Å². The van der Waals surface area contributed by atoms with E-state index >= 15 is 0 Å². The zero-order valence-electron chi connectivity index (χ0n) is 16.9. The largest absolute Gasteiger partial charge is 0.444 e. The van der Waals surface area contributed by atoms with E-state index in [4.69, 9.17) is 10.5 Å². The van der Waals surface area contributed by atoms with Crippen LogP contribution in [0.1, 0.15) is 41.2 Å². The molecule has 2 aromatic carbocycles. The molecule has 0 aliphatic heterocycles. The van der Waals surface area contributed by atoms with Gasteiger partial charge in [0.25, 0.3) is 0 Å². The second kappa shape index (κ2) is 9.41. The first-order valence-electron chi connectivity index (χ1n) is 10.3. The smallest absolute Gasteiger partial charge is 0.407 e. The normalized spacial score (nSPS) is 21.0. The fraction of sp³-hybridized carbons (Fsp3) is 0.333. The van der Waals surface area contributed by atoms with Gasteiger partial charge in [-0.2, -0.15) is 0 Å². The summed E-state index contributed by atoms with van der Waals surface area (Å²) in [5, 5.41) is 3.17. The molecule has 4 rings (SSSR count). The first-order chi connectivity index (χ1) is 14.6. The number of nitrogens with zero attached hydrogens (tertiary/aromatic N) is 1. The highest BCUT2D eigenvalue weighted by Gasteiger charge is 2.55. The molecule has 0 saturated heterocycles. The van der Waals surface area contributed by atoms with Crippen LogP contribution < -0.4 is 11.1 Å². The molecule has 1 aliphatic carbocycles. The summed E-state index contributed by atoms with van der Waals surface area (Å²) >= 11 is 1.48. The van der Waals surface area contributed by atoms with Crippen LogP contribution in [0.2, 0.25) is 0 Å². The van der Waals surface area contributed by atoms with Crippen LogP contribution in [0.15, 0.2) is 72.4 Å². The molecule has 6 heteroatoms. The van der Waals surface area contributed by atoms with Crippen LogP contribution in [0.3, 0.4) is 0 Å². The average molecular weight is 422 g/mol. The first kappa shape index (κ1) is 20.6. The molecule has 1 saturated carbocycles. The number of alkyl carbamates (subject to hydrolysis) is 1. The predicted molar refractivity (Wildman–Crippen MR) is 119 cm³/mol. The summed E-state index contributed by atoms with van der Waals surface area (Å²) in [6.07, 6.45) is 4.76. The first-order valence-corrected chi connectivity index (χ1v) is 11.2. The fourth-order valence-electron chi connectivity index (χ4n) is 4.06. The lowest BCUT2D eigenvalue weighted by atomic mass is 9.96. The number of thiazole rings is 1. The van der Waals surface area contributed by atoms with Crippen molar-refractivity contribution in [2.75, 3.05) is 0 Å². The Labute approximate surface area is 181 Å². The molecule has 30 heavy (non-hydrogen) atoms. The Morgan fingerprint density at radius 2 is 1.93 bits per heavy atom. The Kier molecular flexibility index (Phi) is 6.45. The van der Waals surface area contributed by atoms with Crippen LogP contribution in [0.5, 0.6) is 0 Å². The highest BCUT2D eigenvalue weighted by Crippen LogP contribution is 2.54. The van der Waals surface area contributed by atoms with Gasteiger partial charge in [0.05, 0.1) is 15.9 Å². The number of nitrogens with two attached hydrogens (primary N) is 1. The number of nitrogens with one attached hydrogen (secondary N) is 1. The van der Waals surface area contributed by atoms with Crippen molar-refractivity contribution in [1.29, 1.82) is 0 Å². The molecule has 5 nitrogen and oxygen atoms in total. The van der Waals surface area contributed by atoms with E-state index in [0.29, 0.717) is 5.92 Å². The van der Waals surface area contributed by atoms with E-state index in [-0.39, 0.29) is 24.3 Å².